The molecule has 0 aliphatic heterocycles. The van der Waals surface area contributed by atoms with Gasteiger partial charge in [0.05, 0.1) is 6.61 Å². The van der Waals surface area contributed by atoms with Gasteiger partial charge in [-0.3, -0.25) is 0 Å². The molecule has 1 unspecified atom stereocenters. The second-order valence-corrected chi connectivity index (χ2v) is 6.83. The van der Waals surface area contributed by atoms with E-state index in [0.29, 0.717) is 5.39 Å². The van der Waals surface area contributed by atoms with Crippen LogP contribution in [-0.4, -0.2) is 31.6 Å². The van der Waals surface area contributed by atoms with E-state index in [4.69, 9.17) is 0 Å². The molecular formula is C16H15F3O6S. The molecular weight excluding hydrogens is 377 g/mol. The number of aliphatic hydroxyl groups is 1. The van der Waals surface area contributed by atoms with Crippen molar-refractivity contribution in [3.8, 4) is 5.75 Å². The maximum absolute atomic E-state index is 12.8. The lowest BCUT2D eigenvalue weighted by Gasteiger charge is -2.20. The van der Waals surface area contributed by atoms with E-state index in [9.17, 15) is 31.5 Å². The standard InChI is InChI=1S/C16H15F3O6S/c1-3-24-15(21)13(20)12-9(2)8-10-6-4-5-7-11(10)14(12)25-26(22,23)16(17,18)19/h4-8,13,20H,3H2,1-2H3. The largest absolute Gasteiger partial charge is 0.534 e. The molecule has 0 aliphatic rings. The molecule has 0 fully saturated rings. The normalized spacial score (nSPS) is 13.5. The van der Waals surface area contributed by atoms with Gasteiger partial charge in [0.2, 0.25) is 0 Å². The van der Waals surface area contributed by atoms with Crippen LogP contribution in [0.5, 0.6) is 5.75 Å². The topological polar surface area (TPSA) is 89.9 Å². The van der Waals surface area contributed by atoms with Crippen molar-refractivity contribution in [2.75, 3.05) is 6.61 Å². The second kappa shape index (κ2) is 7.12. The summed E-state index contributed by atoms with van der Waals surface area (Å²) in [6, 6.07) is 7.37. The quantitative estimate of drug-likeness (QED) is 0.478. The lowest BCUT2D eigenvalue weighted by Crippen LogP contribution is -2.29. The van der Waals surface area contributed by atoms with E-state index in [0.717, 1.165) is 0 Å². The monoisotopic (exact) mass is 392 g/mol. The van der Waals surface area contributed by atoms with Crippen molar-refractivity contribution in [1.82, 2.24) is 0 Å². The summed E-state index contributed by atoms with van der Waals surface area (Å²) in [5.41, 5.74) is -5.92. The highest BCUT2D eigenvalue weighted by Crippen LogP contribution is 2.39. The van der Waals surface area contributed by atoms with Gasteiger partial charge >= 0.3 is 21.6 Å². The number of hydrogen-bond acceptors (Lipinski definition) is 6. The Morgan fingerprint density at radius 1 is 1.27 bits per heavy atom. The van der Waals surface area contributed by atoms with Crippen LogP contribution in [0.25, 0.3) is 10.8 Å². The maximum atomic E-state index is 12.8. The number of ether oxygens (including phenoxy) is 1. The van der Waals surface area contributed by atoms with Crippen LogP contribution in [0, 0.1) is 6.92 Å². The number of alkyl halides is 3. The second-order valence-electron chi connectivity index (χ2n) is 5.30. The Kier molecular flexibility index (Phi) is 5.47. The number of aliphatic hydroxyl groups excluding tert-OH is 1. The molecule has 10 heteroatoms. The molecule has 2 aromatic rings. The fourth-order valence-electron chi connectivity index (χ4n) is 2.39. The molecule has 0 aromatic heterocycles. The lowest BCUT2D eigenvalue weighted by molar-refractivity contribution is -0.153. The highest BCUT2D eigenvalue weighted by Gasteiger charge is 2.49. The molecule has 1 N–H and O–H groups in total. The van der Waals surface area contributed by atoms with Gasteiger partial charge in [0.1, 0.15) is 0 Å². The average molecular weight is 392 g/mol. The number of aryl methyl sites for hydroxylation is 1. The van der Waals surface area contributed by atoms with Gasteiger partial charge in [-0.25, -0.2) is 4.79 Å². The minimum atomic E-state index is -6.02. The van der Waals surface area contributed by atoms with E-state index in [-0.39, 0.29) is 17.6 Å². The van der Waals surface area contributed by atoms with Crippen LogP contribution < -0.4 is 4.18 Å². The minimum absolute atomic E-state index is 0.00993. The highest BCUT2D eigenvalue weighted by atomic mass is 32.2. The SMILES string of the molecule is CCOC(=O)C(O)c1c(C)cc2ccccc2c1OS(=O)(=O)C(F)(F)F. The Hall–Kier alpha value is -2.33. The van der Waals surface area contributed by atoms with Gasteiger partial charge in [-0.15, -0.1) is 0 Å². The molecule has 6 nitrogen and oxygen atoms in total. The Morgan fingerprint density at radius 2 is 1.88 bits per heavy atom. The van der Waals surface area contributed by atoms with Crippen molar-refractivity contribution in [1.29, 1.82) is 0 Å². The number of fused-ring (bicyclic) bond motifs is 1. The van der Waals surface area contributed by atoms with E-state index < -0.39 is 39.0 Å². The molecule has 2 rings (SSSR count). The average Bonchev–Trinajstić information content (AvgIpc) is 2.53. The van der Waals surface area contributed by atoms with E-state index in [1.807, 2.05) is 0 Å². The smallest absolute Gasteiger partial charge is 0.464 e. The molecule has 2 aromatic carbocycles. The van der Waals surface area contributed by atoms with Gasteiger partial charge in [0, 0.05) is 10.9 Å². The number of halogens is 3. The van der Waals surface area contributed by atoms with Crippen LogP contribution in [0.4, 0.5) is 13.2 Å². The summed E-state index contributed by atoms with van der Waals surface area (Å²) in [4.78, 5) is 11.8. The summed E-state index contributed by atoms with van der Waals surface area (Å²) < 4.78 is 70.3. The van der Waals surface area contributed by atoms with Crippen molar-refractivity contribution in [2.24, 2.45) is 0 Å². The Balaban J connectivity index is 2.75. The van der Waals surface area contributed by atoms with Gasteiger partial charge in [0.25, 0.3) is 0 Å². The third-order valence-electron chi connectivity index (χ3n) is 3.51. The first kappa shape index (κ1) is 20.0. The number of benzene rings is 2. The molecule has 0 bridgehead atoms. The zero-order valence-electron chi connectivity index (χ0n) is 13.7. The van der Waals surface area contributed by atoms with E-state index in [2.05, 4.69) is 8.92 Å². The zero-order valence-corrected chi connectivity index (χ0v) is 14.5. The molecule has 0 heterocycles. The summed E-state index contributed by atoms with van der Waals surface area (Å²) in [5, 5.41) is 10.6. The predicted molar refractivity (Wildman–Crippen MR) is 85.9 cm³/mol. The zero-order chi connectivity index (χ0) is 19.7. The number of carbonyl (C=O) groups is 1. The molecule has 142 valence electrons. The number of esters is 1. The summed E-state index contributed by atoms with van der Waals surface area (Å²) >= 11 is 0. The molecule has 0 aliphatic carbocycles. The van der Waals surface area contributed by atoms with Crippen LogP contribution in [0.15, 0.2) is 30.3 Å². The Labute approximate surface area is 147 Å². The summed E-state index contributed by atoms with van der Waals surface area (Å²) in [7, 11) is -6.02. The number of hydrogen-bond donors (Lipinski definition) is 1. The first-order chi connectivity index (χ1) is 12.0. The van der Waals surface area contributed by atoms with Crippen LogP contribution in [0.3, 0.4) is 0 Å². The minimum Gasteiger partial charge on any atom is -0.464 e. The van der Waals surface area contributed by atoms with Crippen LogP contribution in [-0.2, 0) is 19.6 Å². The fourth-order valence-corrected chi connectivity index (χ4v) is 2.88. The molecule has 0 spiro atoms. The molecule has 1 atom stereocenters. The van der Waals surface area contributed by atoms with Gasteiger partial charge in [0.15, 0.2) is 11.9 Å². The van der Waals surface area contributed by atoms with Crippen molar-refractivity contribution in [3.05, 3.63) is 41.5 Å². The molecule has 26 heavy (non-hydrogen) atoms. The molecule has 0 saturated carbocycles. The van der Waals surface area contributed by atoms with Gasteiger partial charge in [-0.2, -0.15) is 21.6 Å². The maximum Gasteiger partial charge on any atom is 0.534 e. The fraction of sp³-hybridized carbons (Fsp3) is 0.312. The van der Waals surface area contributed by atoms with Crippen LogP contribution in [0.1, 0.15) is 24.2 Å². The molecule has 0 amide bonds. The van der Waals surface area contributed by atoms with Crippen molar-refractivity contribution < 1.29 is 40.4 Å². The third kappa shape index (κ3) is 3.75. The lowest BCUT2D eigenvalue weighted by atomic mass is 9.96. The van der Waals surface area contributed by atoms with E-state index in [1.165, 1.54) is 38.1 Å². The first-order valence-corrected chi connectivity index (χ1v) is 8.78. The molecule has 0 saturated heterocycles. The summed E-state index contributed by atoms with van der Waals surface area (Å²) in [6.45, 7) is 2.79. The summed E-state index contributed by atoms with van der Waals surface area (Å²) in [5.74, 6) is -1.90. The van der Waals surface area contributed by atoms with Gasteiger partial charge in [-0.05, 0) is 24.8 Å². The van der Waals surface area contributed by atoms with Gasteiger partial charge < -0.3 is 14.0 Å². The Morgan fingerprint density at radius 3 is 2.46 bits per heavy atom. The Bertz CT molecular complexity index is 937. The van der Waals surface area contributed by atoms with Gasteiger partial charge in [-0.1, -0.05) is 30.3 Å². The van der Waals surface area contributed by atoms with Crippen molar-refractivity contribution in [2.45, 2.75) is 25.5 Å². The highest BCUT2D eigenvalue weighted by molar-refractivity contribution is 7.88. The van der Waals surface area contributed by atoms with E-state index in [1.54, 1.807) is 6.07 Å². The summed E-state index contributed by atoms with van der Waals surface area (Å²) in [6.07, 6.45) is -2.02. The predicted octanol–water partition coefficient (Wildman–Crippen LogP) is 2.97. The van der Waals surface area contributed by atoms with Crippen molar-refractivity contribution >= 4 is 26.9 Å². The third-order valence-corrected chi connectivity index (χ3v) is 4.46. The molecule has 0 radical (unpaired) electrons. The van der Waals surface area contributed by atoms with Crippen LogP contribution >= 0.6 is 0 Å². The van der Waals surface area contributed by atoms with Crippen LogP contribution in [0.2, 0.25) is 0 Å². The van der Waals surface area contributed by atoms with Crippen molar-refractivity contribution in [3.63, 3.8) is 0 Å². The van der Waals surface area contributed by atoms with E-state index >= 15 is 0 Å². The first-order valence-electron chi connectivity index (χ1n) is 7.37. The number of carbonyl (C=O) groups excluding carboxylic acids is 1. The number of rotatable bonds is 5.